The number of hydrogen-bond acceptors (Lipinski definition) is 3. The van der Waals surface area contributed by atoms with Crippen molar-refractivity contribution < 1.29 is 0 Å². The first-order valence-electron chi connectivity index (χ1n) is 24.3. The lowest BCUT2D eigenvalue weighted by atomic mass is 9.30. The normalized spacial score (nSPS) is 25.1. The van der Waals surface area contributed by atoms with Gasteiger partial charge in [0.2, 0.25) is 6.71 Å². The van der Waals surface area contributed by atoms with Crippen LogP contribution in [0.15, 0.2) is 108 Å². The summed E-state index contributed by atoms with van der Waals surface area (Å²) in [4.78, 5) is 7.28. The molecule has 63 heavy (non-hydrogen) atoms. The Morgan fingerprint density at radius 3 is 1.97 bits per heavy atom. The SMILES string of the molecule is CC1=CC2C3B(c4cc5c(cc4N(C4=CCC(C(C)(C)C)C=C4c4ccccc4)C3=C1)C(C)(C)CCC5(C)C)c1sc3c(c1N2c1ccc(C(C)(C)C)cc1)C(C)(C)CCC3(C)C. The molecule has 6 aliphatic rings. The highest BCUT2D eigenvalue weighted by Gasteiger charge is 2.57. The molecule has 0 radical (unpaired) electrons. The molecule has 10 rings (SSSR count). The maximum Gasteiger partial charge on any atom is 0.239 e. The third-order valence-electron chi connectivity index (χ3n) is 16.8. The van der Waals surface area contributed by atoms with E-state index in [1.807, 2.05) is 0 Å². The molecule has 3 unspecified atom stereocenters. The van der Waals surface area contributed by atoms with Crippen molar-refractivity contribution in [2.75, 3.05) is 9.80 Å². The van der Waals surface area contributed by atoms with Gasteiger partial charge in [0.25, 0.3) is 0 Å². The van der Waals surface area contributed by atoms with Gasteiger partial charge in [0.15, 0.2) is 0 Å². The maximum absolute atomic E-state index is 2.85. The van der Waals surface area contributed by atoms with Crippen LogP contribution in [0.3, 0.4) is 0 Å². The summed E-state index contributed by atoms with van der Waals surface area (Å²) in [6.45, 7) is 37.1. The smallest absolute Gasteiger partial charge is 0.239 e. The molecule has 4 heteroatoms. The van der Waals surface area contributed by atoms with Gasteiger partial charge in [-0.05, 0) is 135 Å². The summed E-state index contributed by atoms with van der Waals surface area (Å²) < 4.78 is 1.58. The standard InChI is InChI=1S/C59H73BN2S/c1-36-31-47-50-48(32-36)62(45-26-23-39(55(5,6)7)33-41(45)37-19-17-16-18-20-37)46-35-43-42(56(8,9)27-28-57(43,10)11)34-44(46)60(50)53-51(49-52(63-53)59(14,15)30-29-58(49,12)13)61(47)40-24-21-38(22-25-40)54(2,3)4/h16-22,24-26,31-35,39,47,50H,23,27-30H2,1-15H3. The molecule has 3 heterocycles. The number of rotatable bonds is 3. The van der Waals surface area contributed by atoms with E-state index in [0.29, 0.717) is 5.92 Å². The van der Waals surface area contributed by atoms with E-state index in [1.165, 1.54) is 81.9 Å². The number of fused-ring (bicyclic) bond motifs is 7. The van der Waals surface area contributed by atoms with Gasteiger partial charge >= 0.3 is 0 Å². The lowest BCUT2D eigenvalue weighted by Gasteiger charge is -2.54. The monoisotopic (exact) mass is 853 g/mol. The molecule has 0 N–H and O–H groups in total. The summed E-state index contributed by atoms with van der Waals surface area (Å²) in [6.07, 6.45) is 16.4. The van der Waals surface area contributed by atoms with Crippen molar-refractivity contribution >= 4 is 50.9 Å². The Morgan fingerprint density at radius 2 is 1.33 bits per heavy atom. The van der Waals surface area contributed by atoms with Crippen LogP contribution in [-0.2, 0) is 27.1 Å². The molecule has 2 aliphatic heterocycles. The van der Waals surface area contributed by atoms with Gasteiger partial charge in [-0.15, -0.1) is 0 Å². The molecule has 328 valence electrons. The number of allylic oxidation sites excluding steroid dienone is 5. The van der Waals surface area contributed by atoms with Crippen LogP contribution in [0.1, 0.15) is 169 Å². The highest BCUT2D eigenvalue weighted by molar-refractivity contribution is 7.27. The van der Waals surface area contributed by atoms with Crippen molar-refractivity contribution in [1.82, 2.24) is 0 Å². The largest absolute Gasteiger partial charge is 0.334 e. The van der Waals surface area contributed by atoms with E-state index in [0.717, 1.165) is 6.42 Å². The van der Waals surface area contributed by atoms with E-state index in [2.05, 4.69) is 216 Å². The molecule has 1 aromatic heterocycles. The van der Waals surface area contributed by atoms with E-state index < -0.39 is 0 Å². The second-order valence-electron chi connectivity index (χ2n) is 25.2. The topological polar surface area (TPSA) is 6.48 Å². The lowest BCUT2D eigenvalue weighted by molar-refractivity contribution is 0.294. The zero-order valence-electron chi connectivity index (χ0n) is 41.3. The van der Waals surface area contributed by atoms with Crippen LogP contribution in [0.25, 0.3) is 5.57 Å². The lowest BCUT2D eigenvalue weighted by Crippen LogP contribution is -2.63. The second kappa shape index (κ2) is 14.0. The fraction of sp³-hybridized carbons (Fsp3) is 0.492. The molecule has 2 nitrogen and oxygen atoms in total. The van der Waals surface area contributed by atoms with Crippen LogP contribution >= 0.6 is 11.3 Å². The molecule has 0 spiro atoms. The molecule has 0 fully saturated rings. The highest BCUT2D eigenvalue weighted by Crippen LogP contribution is 2.60. The van der Waals surface area contributed by atoms with E-state index in [9.17, 15) is 0 Å². The third kappa shape index (κ3) is 6.68. The average molecular weight is 853 g/mol. The van der Waals surface area contributed by atoms with Gasteiger partial charge in [0, 0.05) is 43.8 Å². The van der Waals surface area contributed by atoms with Gasteiger partial charge in [-0.3, -0.25) is 0 Å². The minimum Gasteiger partial charge on any atom is -0.334 e. The van der Waals surface area contributed by atoms with E-state index >= 15 is 0 Å². The number of benzene rings is 3. The summed E-state index contributed by atoms with van der Waals surface area (Å²) in [7, 11) is 0. The van der Waals surface area contributed by atoms with E-state index in [-0.39, 0.29) is 51.1 Å². The molecule has 0 bridgehead atoms. The van der Waals surface area contributed by atoms with Crippen LogP contribution in [-0.4, -0.2) is 12.8 Å². The maximum atomic E-state index is 2.85. The molecular formula is C59H73BN2S. The Labute approximate surface area is 385 Å². The fourth-order valence-corrected chi connectivity index (χ4v) is 14.3. The first kappa shape index (κ1) is 42.9. The van der Waals surface area contributed by atoms with E-state index in [1.54, 1.807) is 26.3 Å². The van der Waals surface area contributed by atoms with Gasteiger partial charge in [-0.2, -0.15) is 11.3 Å². The molecular weight excluding hydrogens is 780 g/mol. The van der Waals surface area contributed by atoms with E-state index in [4.69, 9.17) is 0 Å². The minimum atomic E-state index is 0.0642. The van der Waals surface area contributed by atoms with Crippen molar-refractivity contribution in [2.24, 2.45) is 11.3 Å². The quantitative estimate of drug-likeness (QED) is 0.190. The molecule has 3 aromatic carbocycles. The van der Waals surface area contributed by atoms with Crippen molar-refractivity contribution in [3.63, 3.8) is 0 Å². The number of anilines is 3. The van der Waals surface area contributed by atoms with Crippen LogP contribution < -0.4 is 20.0 Å². The summed E-state index contributed by atoms with van der Waals surface area (Å²) in [5.41, 5.74) is 19.3. The summed E-state index contributed by atoms with van der Waals surface area (Å²) >= 11 is 2.18. The number of hydrogen-bond donors (Lipinski definition) is 0. The minimum absolute atomic E-state index is 0.0642. The zero-order chi connectivity index (χ0) is 45.0. The Hall–Kier alpha value is -4.02. The second-order valence-corrected chi connectivity index (χ2v) is 26.3. The van der Waals surface area contributed by atoms with Crippen molar-refractivity contribution in [1.29, 1.82) is 0 Å². The van der Waals surface area contributed by atoms with Crippen LogP contribution in [0.4, 0.5) is 17.1 Å². The Balaban J connectivity index is 1.31. The van der Waals surface area contributed by atoms with Gasteiger partial charge in [-0.1, -0.05) is 169 Å². The summed E-state index contributed by atoms with van der Waals surface area (Å²) in [5, 5.41) is 0. The van der Waals surface area contributed by atoms with Gasteiger partial charge in [0.1, 0.15) is 0 Å². The van der Waals surface area contributed by atoms with Crippen molar-refractivity contribution in [3.05, 3.63) is 141 Å². The predicted octanol–water partition coefficient (Wildman–Crippen LogP) is 14.9. The van der Waals surface area contributed by atoms with Crippen LogP contribution in [0.2, 0.25) is 5.82 Å². The third-order valence-corrected chi connectivity index (χ3v) is 18.4. The zero-order valence-corrected chi connectivity index (χ0v) is 42.1. The summed E-state index contributed by atoms with van der Waals surface area (Å²) in [5.74, 6) is 0.665. The Kier molecular flexibility index (Phi) is 9.53. The molecule has 0 saturated carbocycles. The Morgan fingerprint density at radius 1 is 0.714 bits per heavy atom. The fourth-order valence-electron chi connectivity index (χ4n) is 12.5. The molecule has 0 saturated heterocycles. The highest BCUT2D eigenvalue weighted by atomic mass is 32.1. The van der Waals surface area contributed by atoms with Crippen molar-refractivity contribution in [2.45, 2.75) is 175 Å². The first-order valence-corrected chi connectivity index (χ1v) is 25.1. The van der Waals surface area contributed by atoms with Gasteiger partial charge in [0.05, 0.1) is 11.7 Å². The molecule has 3 atom stereocenters. The number of thiophene rings is 1. The average Bonchev–Trinajstić information content (AvgIpc) is 3.63. The Bertz CT molecular complexity index is 2640. The first-order chi connectivity index (χ1) is 29.4. The van der Waals surface area contributed by atoms with Crippen LogP contribution in [0.5, 0.6) is 0 Å². The predicted molar refractivity (Wildman–Crippen MR) is 276 cm³/mol. The van der Waals surface area contributed by atoms with Crippen molar-refractivity contribution in [3.8, 4) is 0 Å². The van der Waals surface area contributed by atoms with Gasteiger partial charge < -0.3 is 9.80 Å². The molecule has 4 aliphatic carbocycles. The van der Waals surface area contributed by atoms with Gasteiger partial charge in [-0.25, -0.2) is 0 Å². The summed E-state index contributed by atoms with van der Waals surface area (Å²) in [6, 6.07) is 26.7. The van der Waals surface area contributed by atoms with Crippen LogP contribution in [0, 0.1) is 11.3 Å². The molecule has 0 amide bonds. The number of nitrogens with zero attached hydrogens (tertiary/aromatic N) is 2. The molecule has 4 aromatic rings.